The van der Waals surface area contributed by atoms with Crippen LogP contribution in [0.5, 0.6) is 0 Å². The molecule has 6 heteroatoms. The van der Waals surface area contributed by atoms with Crippen molar-refractivity contribution in [3.8, 4) is 5.69 Å². The van der Waals surface area contributed by atoms with Gasteiger partial charge in [-0.15, -0.1) is 0 Å². The van der Waals surface area contributed by atoms with E-state index in [-0.39, 0.29) is 12.3 Å². The first-order chi connectivity index (χ1) is 11.5. The third-order valence-electron chi connectivity index (χ3n) is 3.62. The van der Waals surface area contributed by atoms with Gasteiger partial charge in [-0.05, 0) is 38.5 Å². The number of carbonyl (C=O) groups is 2. The second-order valence-electron chi connectivity index (χ2n) is 5.45. The van der Waals surface area contributed by atoms with Crippen LogP contribution in [-0.4, -0.2) is 33.3 Å². The normalized spacial score (nSPS) is 10.9. The zero-order valence-electron chi connectivity index (χ0n) is 13.8. The van der Waals surface area contributed by atoms with E-state index in [1.165, 1.54) is 6.08 Å². The number of hydrogen-bond donors (Lipinski definition) is 2. The smallest absolute Gasteiger partial charge is 0.303 e. The number of carbonyl (C=O) groups excluding carboxylic acids is 1. The van der Waals surface area contributed by atoms with Crippen molar-refractivity contribution in [2.24, 2.45) is 0 Å². The summed E-state index contributed by atoms with van der Waals surface area (Å²) in [6.45, 7) is 4.20. The topological polar surface area (TPSA) is 84.2 Å². The molecular formula is C18H21N3O3. The Bertz CT molecular complexity index is 748. The van der Waals surface area contributed by atoms with Crippen LogP contribution in [0.15, 0.2) is 36.4 Å². The molecule has 0 aliphatic rings. The van der Waals surface area contributed by atoms with Crippen molar-refractivity contribution >= 4 is 18.0 Å². The maximum absolute atomic E-state index is 11.8. The number of aryl methyl sites for hydroxylation is 1. The number of rotatable bonds is 7. The number of carboxylic acids is 1. The first-order valence-electron chi connectivity index (χ1n) is 7.78. The maximum Gasteiger partial charge on any atom is 0.303 e. The van der Waals surface area contributed by atoms with Crippen LogP contribution in [0.2, 0.25) is 0 Å². The molecule has 2 rings (SSSR count). The highest BCUT2D eigenvalue weighted by atomic mass is 16.4. The van der Waals surface area contributed by atoms with Gasteiger partial charge in [-0.3, -0.25) is 9.59 Å². The van der Waals surface area contributed by atoms with E-state index in [0.717, 1.165) is 22.6 Å². The van der Waals surface area contributed by atoms with Gasteiger partial charge in [0.05, 0.1) is 11.4 Å². The summed E-state index contributed by atoms with van der Waals surface area (Å²) >= 11 is 0. The molecule has 0 spiro atoms. The summed E-state index contributed by atoms with van der Waals surface area (Å²) in [6.07, 6.45) is 3.65. The molecule has 1 aromatic carbocycles. The van der Waals surface area contributed by atoms with Crippen molar-refractivity contribution < 1.29 is 14.7 Å². The van der Waals surface area contributed by atoms with E-state index in [1.807, 2.05) is 48.9 Å². The minimum Gasteiger partial charge on any atom is -0.481 e. The lowest BCUT2D eigenvalue weighted by Gasteiger charge is -2.03. The standard InChI is InChI=1S/C18H21N3O3/c1-13-16(10-11-17(22)19-12-6-9-18(23)24)14(2)21(20-13)15-7-4-3-5-8-15/h3-5,7-8,10-11H,6,9,12H2,1-2H3,(H,19,22)(H,23,24)/b11-10+. The van der Waals surface area contributed by atoms with E-state index in [1.54, 1.807) is 6.08 Å². The van der Waals surface area contributed by atoms with Crippen LogP contribution in [0.4, 0.5) is 0 Å². The number of carboxylic acid groups (broad SMARTS) is 1. The molecule has 1 amide bonds. The summed E-state index contributed by atoms with van der Waals surface area (Å²) in [6, 6.07) is 9.80. The molecule has 126 valence electrons. The number of para-hydroxylation sites is 1. The van der Waals surface area contributed by atoms with E-state index >= 15 is 0 Å². The second-order valence-corrected chi connectivity index (χ2v) is 5.45. The minimum absolute atomic E-state index is 0.0477. The Hall–Kier alpha value is -2.89. The van der Waals surface area contributed by atoms with E-state index in [2.05, 4.69) is 10.4 Å². The Morgan fingerprint density at radius 3 is 2.62 bits per heavy atom. The molecule has 0 saturated heterocycles. The summed E-state index contributed by atoms with van der Waals surface area (Å²) in [5, 5.41) is 15.7. The number of amides is 1. The highest BCUT2D eigenvalue weighted by Gasteiger charge is 2.10. The zero-order chi connectivity index (χ0) is 17.5. The highest BCUT2D eigenvalue weighted by Crippen LogP contribution is 2.18. The SMILES string of the molecule is Cc1nn(-c2ccccc2)c(C)c1/C=C/C(=O)NCCCC(=O)O. The third-order valence-corrected chi connectivity index (χ3v) is 3.62. The van der Waals surface area contributed by atoms with Crippen LogP contribution in [0, 0.1) is 13.8 Å². The van der Waals surface area contributed by atoms with Crippen molar-refractivity contribution in [1.82, 2.24) is 15.1 Å². The van der Waals surface area contributed by atoms with Crippen LogP contribution >= 0.6 is 0 Å². The average molecular weight is 327 g/mol. The van der Waals surface area contributed by atoms with Gasteiger partial charge in [0, 0.05) is 30.3 Å². The molecule has 0 bridgehead atoms. The van der Waals surface area contributed by atoms with Crippen molar-refractivity contribution in [2.75, 3.05) is 6.54 Å². The summed E-state index contributed by atoms with van der Waals surface area (Å²) in [7, 11) is 0. The van der Waals surface area contributed by atoms with Crippen molar-refractivity contribution in [1.29, 1.82) is 0 Å². The van der Waals surface area contributed by atoms with E-state index in [4.69, 9.17) is 5.11 Å². The van der Waals surface area contributed by atoms with Gasteiger partial charge in [0.1, 0.15) is 0 Å². The number of aromatic nitrogens is 2. The molecule has 6 nitrogen and oxygen atoms in total. The fourth-order valence-electron chi connectivity index (χ4n) is 2.39. The molecule has 1 aromatic heterocycles. The van der Waals surface area contributed by atoms with Gasteiger partial charge < -0.3 is 10.4 Å². The molecule has 1 heterocycles. The van der Waals surface area contributed by atoms with Crippen molar-refractivity contribution in [2.45, 2.75) is 26.7 Å². The van der Waals surface area contributed by atoms with Gasteiger partial charge in [-0.1, -0.05) is 18.2 Å². The summed E-state index contributed by atoms with van der Waals surface area (Å²) in [5.41, 5.74) is 3.66. The number of nitrogens with one attached hydrogen (secondary N) is 1. The van der Waals surface area contributed by atoms with E-state index in [9.17, 15) is 9.59 Å². The zero-order valence-corrected chi connectivity index (χ0v) is 13.8. The van der Waals surface area contributed by atoms with Gasteiger partial charge in [-0.25, -0.2) is 4.68 Å². The van der Waals surface area contributed by atoms with Crippen LogP contribution in [0.25, 0.3) is 11.8 Å². The van der Waals surface area contributed by atoms with Crippen molar-refractivity contribution in [3.05, 3.63) is 53.4 Å². The molecular weight excluding hydrogens is 306 g/mol. The first-order valence-corrected chi connectivity index (χ1v) is 7.78. The summed E-state index contributed by atoms with van der Waals surface area (Å²) in [4.78, 5) is 22.2. The molecule has 0 unspecified atom stereocenters. The number of hydrogen-bond acceptors (Lipinski definition) is 3. The van der Waals surface area contributed by atoms with Gasteiger partial charge in [-0.2, -0.15) is 5.10 Å². The summed E-state index contributed by atoms with van der Waals surface area (Å²) in [5.74, 6) is -1.11. The number of aliphatic carboxylic acids is 1. The van der Waals surface area contributed by atoms with Crippen LogP contribution in [-0.2, 0) is 9.59 Å². The Kier molecular flexibility index (Phi) is 5.89. The minimum atomic E-state index is -0.862. The summed E-state index contributed by atoms with van der Waals surface area (Å²) < 4.78 is 1.85. The quantitative estimate of drug-likeness (QED) is 0.604. The van der Waals surface area contributed by atoms with E-state index < -0.39 is 5.97 Å². The lowest BCUT2D eigenvalue weighted by Crippen LogP contribution is -2.22. The molecule has 24 heavy (non-hydrogen) atoms. The van der Waals surface area contributed by atoms with Crippen LogP contribution < -0.4 is 5.32 Å². The Morgan fingerprint density at radius 1 is 1.25 bits per heavy atom. The van der Waals surface area contributed by atoms with Crippen LogP contribution in [0.1, 0.15) is 29.8 Å². The Labute approximate surface area is 140 Å². The average Bonchev–Trinajstić information content (AvgIpc) is 2.85. The third kappa shape index (κ3) is 4.55. The molecule has 2 N–H and O–H groups in total. The number of nitrogens with zero attached hydrogens (tertiary/aromatic N) is 2. The Morgan fingerprint density at radius 2 is 1.96 bits per heavy atom. The monoisotopic (exact) mass is 327 g/mol. The van der Waals surface area contributed by atoms with Gasteiger partial charge >= 0.3 is 5.97 Å². The fourth-order valence-corrected chi connectivity index (χ4v) is 2.39. The van der Waals surface area contributed by atoms with Gasteiger partial charge in [0.15, 0.2) is 0 Å². The molecule has 0 fully saturated rings. The first kappa shape index (κ1) is 17.5. The lowest BCUT2D eigenvalue weighted by molar-refractivity contribution is -0.137. The van der Waals surface area contributed by atoms with Gasteiger partial charge in [0.2, 0.25) is 5.91 Å². The number of benzene rings is 1. The molecule has 0 aliphatic carbocycles. The van der Waals surface area contributed by atoms with Crippen LogP contribution in [0.3, 0.4) is 0 Å². The molecule has 0 aliphatic heterocycles. The van der Waals surface area contributed by atoms with Crippen molar-refractivity contribution in [3.63, 3.8) is 0 Å². The largest absolute Gasteiger partial charge is 0.481 e. The fraction of sp³-hybridized carbons (Fsp3) is 0.278. The second kappa shape index (κ2) is 8.10. The molecule has 2 aromatic rings. The predicted molar refractivity (Wildman–Crippen MR) is 92.0 cm³/mol. The maximum atomic E-state index is 11.8. The Balaban J connectivity index is 2.03. The lowest BCUT2D eigenvalue weighted by atomic mass is 10.2. The highest BCUT2D eigenvalue weighted by molar-refractivity contribution is 5.92. The van der Waals surface area contributed by atoms with E-state index in [0.29, 0.717) is 13.0 Å². The molecule has 0 atom stereocenters. The van der Waals surface area contributed by atoms with Gasteiger partial charge in [0.25, 0.3) is 0 Å². The molecule has 0 saturated carbocycles. The molecule has 0 radical (unpaired) electrons. The predicted octanol–water partition coefficient (Wildman–Crippen LogP) is 2.48.